The summed E-state index contributed by atoms with van der Waals surface area (Å²) in [5, 5.41) is 3.22. The second-order valence-corrected chi connectivity index (χ2v) is 6.54. The SMILES string of the molecule is CNCCCCCCCCCCCCN1CCCCC1. The Kier molecular flexibility index (Phi) is 12.5. The Morgan fingerprint density at radius 1 is 0.650 bits per heavy atom. The molecular weight excluding hydrogens is 244 g/mol. The summed E-state index contributed by atoms with van der Waals surface area (Å²) < 4.78 is 0. The topological polar surface area (TPSA) is 15.3 Å². The molecule has 0 radical (unpaired) electrons. The first-order valence-corrected chi connectivity index (χ1v) is 9.30. The van der Waals surface area contributed by atoms with Crippen molar-refractivity contribution >= 4 is 0 Å². The lowest BCUT2D eigenvalue weighted by Gasteiger charge is -2.26. The number of hydrogen-bond acceptors (Lipinski definition) is 2. The van der Waals surface area contributed by atoms with Crippen LogP contribution in [0.4, 0.5) is 0 Å². The fourth-order valence-electron chi connectivity index (χ4n) is 3.23. The molecule has 0 spiro atoms. The van der Waals surface area contributed by atoms with E-state index in [-0.39, 0.29) is 0 Å². The highest BCUT2D eigenvalue weighted by atomic mass is 15.1. The minimum atomic E-state index is 1.19. The highest BCUT2D eigenvalue weighted by Gasteiger charge is 2.08. The Labute approximate surface area is 127 Å². The third kappa shape index (κ3) is 10.7. The molecule has 0 saturated carbocycles. The van der Waals surface area contributed by atoms with Gasteiger partial charge in [0.2, 0.25) is 0 Å². The van der Waals surface area contributed by atoms with Crippen LogP contribution in [-0.2, 0) is 0 Å². The van der Waals surface area contributed by atoms with Gasteiger partial charge in [0.1, 0.15) is 0 Å². The van der Waals surface area contributed by atoms with Gasteiger partial charge in [-0.25, -0.2) is 0 Å². The molecule has 2 heteroatoms. The zero-order valence-corrected chi connectivity index (χ0v) is 14.0. The smallest absolute Gasteiger partial charge is 0.00187 e. The van der Waals surface area contributed by atoms with Crippen molar-refractivity contribution in [2.75, 3.05) is 33.2 Å². The van der Waals surface area contributed by atoms with Gasteiger partial charge in [0.05, 0.1) is 0 Å². The maximum Gasteiger partial charge on any atom is -0.00187 e. The van der Waals surface area contributed by atoms with Gasteiger partial charge in [-0.05, 0) is 58.9 Å². The van der Waals surface area contributed by atoms with E-state index in [4.69, 9.17) is 0 Å². The number of likely N-dealkylation sites (tertiary alicyclic amines) is 1. The molecule has 20 heavy (non-hydrogen) atoms. The number of rotatable bonds is 13. The van der Waals surface area contributed by atoms with E-state index in [0.29, 0.717) is 0 Å². The average Bonchev–Trinajstić information content (AvgIpc) is 2.49. The minimum Gasteiger partial charge on any atom is -0.320 e. The van der Waals surface area contributed by atoms with Gasteiger partial charge in [-0.15, -0.1) is 0 Å². The normalized spacial score (nSPS) is 16.6. The highest BCUT2D eigenvalue weighted by molar-refractivity contribution is 4.64. The molecule has 0 amide bonds. The van der Waals surface area contributed by atoms with Crippen molar-refractivity contribution < 1.29 is 0 Å². The van der Waals surface area contributed by atoms with Crippen molar-refractivity contribution in [3.63, 3.8) is 0 Å². The molecule has 0 aromatic rings. The van der Waals surface area contributed by atoms with Gasteiger partial charge < -0.3 is 10.2 Å². The summed E-state index contributed by atoms with van der Waals surface area (Å²) >= 11 is 0. The molecule has 120 valence electrons. The molecule has 0 aliphatic carbocycles. The summed E-state index contributed by atoms with van der Waals surface area (Å²) in [7, 11) is 2.05. The Bertz CT molecular complexity index is 188. The molecule has 1 aliphatic heterocycles. The molecule has 0 aromatic heterocycles. The third-order valence-electron chi connectivity index (χ3n) is 4.60. The Hall–Kier alpha value is -0.0800. The van der Waals surface area contributed by atoms with Crippen molar-refractivity contribution in [3.8, 4) is 0 Å². The van der Waals surface area contributed by atoms with Crippen LogP contribution in [-0.4, -0.2) is 38.1 Å². The lowest BCUT2D eigenvalue weighted by Crippen LogP contribution is -2.30. The van der Waals surface area contributed by atoms with E-state index < -0.39 is 0 Å². The van der Waals surface area contributed by atoms with Gasteiger partial charge in [0.25, 0.3) is 0 Å². The third-order valence-corrected chi connectivity index (χ3v) is 4.60. The molecule has 0 atom stereocenters. The number of hydrogen-bond donors (Lipinski definition) is 1. The van der Waals surface area contributed by atoms with Crippen molar-refractivity contribution in [3.05, 3.63) is 0 Å². The van der Waals surface area contributed by atoms with Crippen LogP contribution in [0, 0.1) is 0 Å². The first-order chi connectivity index (χ1) is 9.93. The maximum atomic E-state index is 3.22. The summed E-state index contributed by atoms with van der Waals surface area (Å²) in [6.07, 6.45) is 18.8. The predicted octanol–water partition coefficient (Wildman–Crippen LogP) is 4.59. The fraction of sp³-hybridized carbons (Fsp3) is 1.00. The lowest BCUT2D eigenvalue weighted by molar-refractivity contribution is 0.224. The van der Waals surface area contributed by atoms with E-state index in [0.717, 1.165) is 0 Å². The molecule has 0 bridgehead atoms. The summed E-state index contributed by atoms with van der Waals surface area (Å²) in [4.78, 5) is 2.68. The van der Waals surface area contributed by atoms with E-state index in [2.05, 4.69) is 10.2 Å². The molecule has 1 heterocycles. The van der Waals surface area contributed by atoms with E-state index in [1.54, 1.807) is 0 Å². The first-order valence-electron chi connectivity index (χ1n) is 9.30. The van der Waals surface area contributed by atoms with E-state index >= 15 is 0 Å². The van der Waals surface area contributed by atoms with Crippen LogP contribution >= 0.6 is 0 Å². The largest absolute Gasteiger partial charge is 0.320 e. The van der Waals surface area contributed by atoms with Crippen LogP contribution in [0.3, 0.4) is 0 Å². The van der Waals surface area contributed by atoms with Crippen molar-refractivity contribution in [1.29, 1.82) is 0 Å². The Balaban J connectivity index is 1.70. The molecule has 1 aliphatic rings. The van der Waals surface area contributed by atoms with Crippen molar-refractivity contribution in [1.82, 2.24) is 10.2 Å². The van der Waals surface area contributed by atoms with E-state index in [1.807, 2.05) is 7.05 Å². The second kappa shape index (κ2) is 13.9. The van der Waals surface area contributed by atoms with Gasteiger partial charge in [0.15, 0.2) is 0 Å². The summed E-state index contributed by atoms with van der Waals surface area (Å²) in [6, 6.07) is 0. The quantitative estimate of drug-likeness (QED) is 0.497. The lowest BCUT2D eigenvalue weighted by atomic mass is 10.1. The number of unbranched alkanes of at least 4 members (excludes halogenated alkanes) is 9. The van der Waals surface area contributed by atoms with Gasteiger partial charge in [-0.2, -0.15) is 0 Å². The molecule has 1 N–H and O–H groups in total. The van der Waals surface area contributed by atoms with Crippen molar-refractivity contribution in [2.45, 2.75) is 83.5 Å². The van der Waals surface area contributed by atoms with E-state index in [9.17, 15) is 0 Å². The standard InChI is InChI=1S/C18H38N2/c1-19-15-11-8-6-4-2-3-5-7-9-12-16-20-17-13-10-14-18-20/h19H,2-18H2,1H3. The van der Waals surface area contributed by atoms with Crippen LogP contribution < -0.4 is 5.32 Å². The van der Waals surface area contributed by atoms with Crippen LogP contribution in [0.1, 0.15) is 83.5 Å². The Morgan fingerprint density at radius 3 is 1.70 bits per heavy atom. The van der Waals surface area contributed by atoms with E-state index in [1.165, 1.54) is 110 Å². The van der Waals surface area contributed by atoms with Gasteiger partial charge in [-0.1, -0.05) is 57.8 Å². The molecule has 0 aromatic carbocycles. The molecule has 1 rings (SSSR count). The van der Waals surface area contributed by atoms with Gasteiger partial charge in [-0.3, -0.25) is 0 Å². The number of piperidine rings is 1. The molecule has 2 nitrogen and oxygen atoms in total. The van der Waals surface area contributed by atoms with Gasteiger partial charge in [0, 0.05) is 0 Å². The number of nitrogens with zero attached hydrogens (tertiary/aromatic N) is 1. The predicted molar refractivity (Wildman–Crippen MR) is 90.4 cm³/mol. The number of nitrogens with one attached hydrogen (secondary N) is 1. The molecule has 0 unspecified atom stereocenters. The van der Waals surface area contributed by atoms with Crippen LogP contribution in [0.5, 0.6) is 0 Å². The highest BCUT2D eigenvalue weighted by Crippen LogP contribution is 2.12. The maximum absolute atomic E-state index is 3.22. The van der Waals surface area contributed by atoms with Crippen LogP contribution in [0.25, 0.3) is 0 Å². The molecular formula is C18H38N2. The monoisotopic (exact) mass is 282 g/mol. The summed E-state index contributed by atoms with van der Waals surface area (Å²) in [6.45, 7) is 5.30. The summed E-state index contributed by atoms with van der Waals surface area (Å²) in [5.74, 6) is 0. The minimum absolute atomic E-state index is 1.19. The fourth-order valence-corrected chi connectivity index (χ4v) is 3.23. The van der Waals surface area contributed by atoms with Gasteiger partial charge >= 0.3 is 0 Å². The average molecular weight is 283 g/mol. The zero-order valence-electron chi connectivity index (χ0n) is 14.0. The second-order valence-electron chi connectivity index (χ2n) is 6.54. The van der Waals surface area contributed by atoms with Crippen molar-refractivity contribution in [2.24, 2.45) is 0 Å². The van der Waals surface area contributed by atoms with Crippen LogP contribution in [0.15, 0.2) is 0 Å². The molecule has 1 saturated heterocycles. The summed E-state index contributed by atoms with van der Waals surface area (Å²) in [5.41, 5.74) is 0. The first kappa shape index (κ1) is 18.0. The molecule has 1 fully saturated rings. The Morgan fingerprint density at radius 2 is 1.15 bits per heavy atom. The van der Waals surface area contributed by atoms with Crippen LogP contribution in [0.2, 0.25) is 0 Å². The zero-order chi connectivity index (χ0) is 14.3.